The summed E-state index contributed by atoms with van der Waals surface area (Å²) < 4.78 is 3.92. The first-order valence-corrected chi connectivity index (χ1v) is 6.31. The molecule has 0 aromatic carbocycles. The van der Waals surface area contributed by atoms with Crippen molar-refractivity contribution in [1.82, 2.24) is 14.9 Å². The molecule has 1 aromatic heterocycles. The van der Waals surface area contributed by atoms with Crippen molar-refractivity contribution in [3.63, 3.8) is 0 Å². The Kier molecular flexibility index (Phi) is 4.67. The summed E-state index contributed by atoms with van der Waals surface area (Å²) in [7, 11) is 0. The third kappa shape index (κ3) is 4.71. The Morgan fingerprint density at radius 3 is 2.67 bits per heavy atom. The van der Waals surface area contributed by atoms with Gasteiger partial charge in [-0.15, -0.1) is 5.10 Å². The summed E-state index contributed by atoms with van der Waals surface area (Å²) in [6.45, 7) is 9.97. The Bertz CT molecular complexity index is 264. The molecule has 0 aliphatic rings. The minimum Gasteiger partial charge on any atom is -0.309 e. The molecule has 0 aliphatic heterocycles. The van der Waals surface area contributed by atoms with Crippen molar-refractivity contribution in [2.24, 2.45) is 5.41 Å². The van der Waals surface area contributed by atoms with Gasteiger partial charge in [-0.3, -0.25) is 0 Å². The maximum absolute atomic E-state index is 3.92. The monoisotopic (exact) mass is 227 g/mol. The predicted octanol–water partition coefficient (Wildman–Crippen LogP) is 3.02. The van der Waals surface area contributed by atoms with Crippen molar-refractivity contribution in [2.45, 2.75) is 46.6 Å². The molecule has 1 unspecified atom stereocenters. The van der Waals surface area contributed by atoms with Gasteiger partial charge in [-0.05, 0) is 36.3 Å². The van der Waals surface area contributed by atoms with Crippen LogP contribution in [0.15, 0.2) is 6.20 Å². The molecule has 0 bridgehead atoms. The fourth-order valence-corrected chi connectivity index (χ4v) is 2.11. The summed E-state index contributed by atoms with van der Waals surface area (Å²) in [4.78, 5) is 1.25. The van der Waals surface area contributed by atoms with Crippen LogP contribution in [0.4, 0.5) is 0 Å². The van der Waals surface area contributed by atoms with Crippen molar-refractivity contribution in [3.05, 3.63) is 11.1 Å². The lowest BCUT2D eigenvalue weighted by atomic mass is 9.88. The van der Waals surface area contributed by atoms with Crippen molar-refractivity contribution in [2.75, 3.05) is 6.54 Å². The maximum Gasteiger partial charge on any atom is 0.0669 e. The summed E-state index contributed by atoms with van der Waals surface area (Å²) in [6, 6.07) is 0.425. The molecule has 0 saturated heterocycles. The Morgan fingerprint density at radius 1 is 1.47 bits per heavy atom. The SMILES string of the molecule is CCNC(CCC(C)(C)C)c1cnns1. The molecule has 1 aromatic rings. The number of hydrogen-bond donors (Lipinski definition) is 1. The molecule has 3 nitrogen and oxygen atoms in total. The first-order chi connectivity index (χ1) is 7.03. The van der Waals surface area contributed by atoms with Crippen molar-refractivity contribution >= 4 is 11.5 Å². The summed E-state index contributed by atoms with van der Waals surface area (Å²) in [5.74, 6) is 0. The van der Waals surface area contributed by atoms with E-state index in [1.807, 2.05) is 6.20 Å². The van der Waals surface area contributed by atoms with Gasteiger partial charge in [-0.25, -0.2) is 0 Å². The van der Waals surface area contributed by atoms with E-state index in [0.717, 1.165) is 13.0 Å². The molecule has 0 aliphatic carbocycles. The van der Waals surface area contributed by atoms with Crippen LogP contribution in [0, 0.1) is 5.41 Å². The highest BCUT2D eigenvalue weighted by Gasteiger charge is 2.17. The van der Waals surface area contributed by atoms with Gasteiger partial charge in [-0.1, -0.05) is 32.2 Å². The molecule has 0 fully saturated rings. The van der Waals surface area contributed by atoms with Crippen molar-refractivity contribution in [3.8, 4) is 0 Å². The largest absolute Gasteiger partial charge is 0.309 e. The van der Waals surface area contributed by atoms with E-state index >= 15 is 0 Å². The van der Waals surface area contributed by atoms with E-state index in [1.165, 1.54) is 22.8 Å². The quantitative estimate of drug-likeness (QED) is 0.840. The van der Waals surface area contributed by atoms with Crippen LogP contribution in [-0.2, 0) is 0 Å². The van der Waals surface area contributed by atoms with Crippen LogP contribution < -0.4 is 5.32 Å². The van der Waals surface area contributed by atoms with Gasteiger partial charge in [0.05, 0.1) is 11.1 Å². The van der Waals surface area contributed by atoms with Gasteiger partial charge in [0.25, 0.3) is 0 Å². The number of hydrogen-bond acceptors (Lipinski definition) is 4. The van der Waals surface area contributed by atoms with Gasteiger partial charge in [0.15, 0.2) is 0 Å². The van der Waals surface area contributed by atoms with Crippen LogP contribution in [0.2, 0.25) is 0 Å². The molecular weight excluding hydrogens is 206 g/mol. The Balaban J connectivity index is 2.52. The Labute approximate surface area is 96.5 Å². The fourth-order valence-electron chi connectivity index (χ4n) is 1.50. The number of nitrogens with zero attached hydrogens (tertiary/aromatic N) is 2. The van der Waals surface area contributed by atoms with Crippen LogP contribution in [-0.4, -0.2) is 16.1 Å². The average molecular weight is 227 g/mol. The first kappa shape index (κ1) is 12.6. The molecule has 0 amide bonds. The molecule has 86 valence electrons. The summed E-state index contributed by atoms with van der Waals surface area (Å²) >= 11 is 1.50. The number of nitrogens with one attached hydrogen (secondary N) is 1. The molecule has 1 rings (SSSR count). The molecule has 15 heavy (non-hydrogen) atoms. The van der Waals surface area contributed by atoms with Gasteiger partial charge in [0, 0.05) is 6.04 Å². The molecular formula is C11H21N3S. The van der Waals surface area contributed by atoms with Gasteiger partial charge in [0.2, 0.25) is 0 Å². The standard InChI is InChI=1S/C11H21N3S/c1-5-12-9(6-7-11(2,3)4)10-8-13-14-15-10/h8-9,12H,5-7H2,1-4H3. The maximum atomic E-state index is 3.92. The van der Waals surface area contributed by atoms with Crippen LogP contribution in [0.3, 0.4) is 0 Å². The smallest absolute Gasteiger partial charge is 0.0669 e. The Hall–Kier alpha value is -0.480. The Morgan fingerprint density at radius 2 is 2.20 bits per heavy atom. The van der Waals surface area contributed by atoms with E-state index in [9.17, 15) is 0 Å². The zero-order valence-corrected chi connectivity index (χ0v) is 10.9. The van der Waals surface area contributed by atoms with Crippen LogP contribution in [0.25, 0.3) is 0 Å². The lowest BCUT2D eigenvalue weighted by Gasteiger charge is -2.22. The number of rotatable bonds is 5. The summed E-state index contributed by atoms with van der Waals surface area (Å²) in [5, 5.41) is 7.39. The molecule has 0 radical (unpaired) electrons. The summed E-state index contributed by atoms with van der Waals surface area (Å²) in [5.41, 5.74) is 0.395. The minimum absolute atomic E-state index is 0.395. The molecule has 1 atom stereocenters. The minimum atomic E-state index is 0.395. The normalized spacial score (nSPS) is 14.1. The lowest BCUT2D eigenvalue weighted by molar-refractivity contribution is 0.335. The van der Waals surface area contributed by atoms with E-state index in [-0.39, 0.29) is 0 Å². The van der Waals surface area contributed by atoms with E-state index < -0.39 is 0 Å². The highest BCUT2D eigenvalue weighted by atomic mass is 32.1. The van der Waals surface area contributed by atoms with Crippen LogP contribution >= 0.6 is 11.5 Å². The number of aromatic nitrogens is 2. The first-order valence-electron chi connectivity index (χ1n) is 5.53. The topological polar surface area (TPSA) is 37.8 Å². The van der Waals surface area contributed by atoms with E-state index in [1.54, 1.807) is 0 Å². The highest BCUT2D eigenvalue weighted by Crippen LogP contribution is 2.28. The molecule has 1 heterocycles. The average Bonchev–Trinajstić information content (AvgIpc) is 2.63. The van der Waals surface area contributed by atoms with Crippen molar-refractivity contribution in [1.29, 1.82) is 0 Å². The highest BCUT2D eigenvalue weighted by molar-refractivity contribution is 7.05. The lowest BCUT2D eigenvalue weighted by Crippen LogP contribution is -2.21. The van der Waals surface area contributed by atoms with Gasteiger partial charge < -0.3 is 5.32 Å². The zero-order valence-electron chi connectivity index (χ0n) is 10.1. The van der Waals surface area contributed by atoms with E-state index in [0.29, 0.717) is 11.5 Å². The second-order valence-corrected chi connectivity index (χ2v) is 5.85. The van der Waals surface area contributed by atoms with Gasteiger partial charge in [0.1, 0.15) is 0 Å². The van der Waals surface area contributed by atoms with Gasteiger partial charge >= 0.3 is 0 Å². The predicted molar refractivity (Wildman–Crippen MR) is 65.0 cm³/mol. The van der Waals surface area contributed by atoms with Gasteiger partial charge in [-0.2, -0.15) is 0 Å². The van der Waals surface area contributed by atoms with Crippen molar-refractivity contribution < 1.29 is 0 Å². The van der Waals surface area contributed by atoms with Crippen LogP contribution in [0.5, 0.6) is 0 Å². The van der Waals surface area contributed by atoms with Crippen LogP contribution in [0.1, 0.15) is 51.5 Å². The molecule has 0 spiro atoms. The second kappa shape index (κ2) is 5.56. The second-order valence-electron chi connectivity index (χ2n) is 5.03. The third-order valence-electron chi connectivity index (χ3n) is 2.36. The molecule has 4 heteroatoms. The van der Waals surface area contributed by atoms with E-state index in [2.05, 4.69) is 42.6 Å². The van der Waals surface area contributed by atoms with E-state index in [4.69, 9.17) is 0 Å². The summed E-state index contributed by atoms with van der Waals surface area (Å²) in [6.07, 6.45) is 4.24. The third-order valence-corrected chi connectivity index (χ3v) is 3.13. The molecule has 0 saturated carbocycles. The molecule has 1 N–H and O–H groups in total. The fraction of sp³-hybridized carbons (Fsp3) is 0.818. The zero-order chi connectivity index (χ0) is 11.3.